The first kappa shape index (κ1) is 14.2. The Bertz CT molecular complexity index is 734. The van der Waals surface area contributed by atoms with E-state index in [0.717, 1.165) is 21.9 Å². The second-order valence-corrected chi connectivity index (χ2v) is 6.68. The lowest BCUT2D eigenvalue weighted by Gasteiger charge is -2.47. The third kappa shape index (κ3) is 1.99. The van der Waals surface area contributed by atoms with Crippen LogP contribution in [0.25, 0.3) is 10.2 Å². The van der Waals surface area contributed by atoms with Crippen LogP contribution in [0.4, 0.5) is 5.82 Å². The van der Waals surface area contributed by atoms with Crippen molar-refractivity contribution >= 4 is 33.3 Å². The minimum Gasteiger partial charge on any atom is -0.367 e. The third-order valence-electron chi connectivity index (χ3n) is 4.15. The number of nitrogens with zero attached hydrogens (tertiary/aromatic N) is 3. The number of methoxy groups -OCH3 is 1. The monoisotopic (exact) mass is 306 g/mol. The second kappa shape index (κ2) is 4.64. The van der Waals surface area contributed by atoms with Gasteiger partial charge in [0.05, 0.1) is 18.5 Å². The van der Waals surface area contributed by atoms with Gasteiger partial charge in [-0.1, -0.05) is 0 Å². The fraction of sp³-hybridized carbons (Fsp3) is 0.500. The van der Waals surface area contributed by atoms with E-state index < -0.39 is 11.5 Å². The van der Waals surface area contributed by atoms with E-state index in [-0.39, 0.29) is 0 Å². The van der Waals surface area contributed by atoms with Crippen molar-refractivity contribution in [3.63, 3.8) is 0 Å². The first-order valence-corrected chi connectivity index (χ1v) is 7.54. The SMILES string of the molecule is COC1(C(N)=O)CN(c2nc(C)nc3sc(C)c(C)c23)C1. The van der Waals surface area contributed by atoms with Crippen LogP contribution in [0, 0.1) is 20.8 Å². The maximum atomic E-state index is 11.6. The molecule has 3 heterocycles. The molecule has 3 rings (SSSR count). The molecule has 1 amide bonds. The van der Waals surface area contributed by atoms with Gasteiger partial charge in [-0.15, -0.1) is 11.3 Å². The number of primary amides is 1. The van der Waals surface area contributed by atoms with Gasteiger partial charge in [-0.2, -0.15) is 0 Å². The molecular weight excluding hydrogens is 288 g/mol. The molecule has 1 aliphatic heterocycles. The number of rotatable bonds is 3. The van der Waals surface area contributed by atoms with E-state index in [1.807, 2.05) is 11.8 Å². The van der Waals surface area contributed by atoms with Crippen LogP contribution in [0.15, 0.2) is 0 Å². The molecule has 21 heavy (non-hydrogen) atoms. The molecule has 6 nitrogen and oxygen atoms in total. The number of aryl methyl sites for hydroxylation is 3. The summed E-state index contributed by atoms with van der Waals surface area (Å²) in [5.41, 5.74) is 5.73. The normalized spacial score (nSPS) is 17.0. The molecule has 0 saturated carbocycles. The summed E-state index contributed by atoms with van der Waals surface area (Å²) in [5, 5.41) is 1.07. The van der Waals surface area contributed by atoms with Gasteiger partial charge in [0.25, 0.3) is 5.91 Å². The molecule has 0 aromatic carbocycles. The number of amides is 1. The number of ether oxygens (including phenoxy) is 1. The van der Waals surface area contributed by atoms with Crippen molar-refractivity contribution in [1.29, 1.82) is 0 Å². The molecule has 1 aliphatic rings. The summed E-state index contributed by atoms with van der Waals surface area (Å²) in [6.07, 6.45) is 0. The van der Waals surface area contributed by atoms with E-state index in [2.05, 4.69) is 23.8 Å². The zero-order valence-corrected chi connectivity index (χ0v) is 13.4. The zero-order valence-electron chi connectivity index (χ0n) is 12.6. The number of carbonyl (C=O) groups is 1. The molecule has 2 aromatic rings. The molecule has 0 unspecified atom stereocenters. The van der Waals surface area contributed by atoms with Gasteiger partial charge in [-0.25, -0.2) is 9.97 Å². The first-order valence-electron chi connectivity index (χ1n) is 6.72. The quantitative estimate of drug-likeness (QED) is 0.924. The van der Waals surface area contributed by atoms with E-state index in [1.165, 1.54) is 17.6 Å². The lowest BCUT2D eigenvalue weighted by Crippen LogP contribution is -2.69. The zero-order chi connectivity index (χ0) is 15.4. The van der Waals surface area contributed by atoms with Crippen LogP contribution in [-0.2, 0) is 9.53 Å². The van der Waals surface area contributed by atoms with Gasteiger partial charge in [0.2, 0.25) is 0 Å². The van der Waals surface area contributed by atoms with E-state index in [0.29, 0.717) is 13.1 Å². The van der Waals surface area contributed by atoms with Gasteiger partial charge in [-0.05, 0) is 26.3 Å². The van der Waals surface area contributed by atoms with Crippen molar-refractivity contribution in [1.82, 2.24) is 9.97 Å². The predicted octanol–water partition coefficient (Wildman–Crippen LogP) is 1.31. The van der Waals surface area contributed by atoms with Crippen molar-refractivity contribution in [3.05, 3.63) is 16.3 Å². The number of hydrogen-bond donors (Lipinski definition) is 1. The maximum absolute atomic E-state index is 11.6. The molecule has 0 radical (unpaired) electrons. The summed E-state index contributed by atoms with van der Waals surface area (Å²) < 4.78 is 5.31. The highest BCUT2D eigenvalue weighted by Gasteiger charge is 2.49. The van der Waals surface area contributed by atoms with Crippen LogP contribution >= 0.6 is 11.3 Å². The first-order chi connectivity index (χ1) is 9.88. The van der Waals surface area contributed by atoms with Crippen molar-refractivity contribution in [2.75, 3.05) is 25.1 Å². The standard InChI is InChI=1S/C14H18N4O2S/c1-7-8(2)21-12-10(7)11(16-9(3)17-12)18-5-14(6-18,20-4)13(15)19/h5-6H2,1-4H3,(H2,15,19). The largest absolute Gasteiger partial charge is 0.367 e. The van der Waals surface area contributed by atoms with Crippen LogP contribution in [0.2, 0.25) is 0 Å². The average molecular weight is 306 g/mol. The highest BCUT2D eigenvalue weighted by Crippen LogP contribution is 2.38. The molecule has 0 spiro atoms. The van der Waals surface area contributed by atoms with Gasteiger partial charge in [0.1, 0.15) is 16.5 Å². The number of thiophene rings is 1. The number of anilines is 1. The van der Waals surface area contributed by atoms with Gasteiger partial charge in [0.15, 0.2) is 5.60 Å². The number of hydrogen-bond acceptors (Lipinski definition) is 6. The number of carbonyl (C=O) groups excluding carboxylic acids is 1. The fourth-order valence-electron chi connectivity index (χ4n) is 2.67. The van der Waals surface area contributed by atoms with E-state index in [4.69, 9.17) is 10.5 Å². The number of fused-ring (bicyclic) bond motifs is 1. The lowest BCUT2D eigenvalue weighted by molar-refractivity contribution is -0.143. The van der Waals surface area contributed by atoms with E-state index >= 15 is 0 Å². The molecule has 0 bridgehead atoms. The second-order valence-electron chi connectivity index (χ2n) is 5.48. The maximum Gasteiger partial charge on any atom is 0.253 e. The highest BCUT2D eigenvalue weighted by atomic mass is 32.1. The minimum absolute atomic E-state index is 0.429. The van der Waals surface area contributed by atoms with Crippen LogP contribution < -0.4 is 10.6 Å². The highest BCUT2D eigenvalue weighted by molar-refractivity contribution is 7.18. The Kier molecular flexibility index (Phi) is 3.14. The molecule has 2 N–H and O–H groups in total. The Labute approximate surface area is 126 Å². The molecule has 1 saturated heterocycles. The van der Waals surface area contributed by atoms with Crippen molar-refractivity contribution in [2.45, 2.75) is 26.4 Å². The molecule has 0 aliphatic carbocycles. The summed E-state index contributed by atoms with van der Waals surface area (Å²) in [6.45, 7) is 6.90. The van der Waals surface area contributed by atoms with Crippen LogP contribution in [-0.4, -0.2) is 41.7 Å². The van der Waals surface area contributed by atoms with Crippen LogP contribution in [0.5, 0.6) is 0 Å². The Hall–Kier alpha value is -1.73. The number of aromatic nitrogens is 2. The van der Waals surface area contributed by atoms with Gasteiger partial charge in [0, 0.05) is 12.0 Å². The Morgan fingerprint density at radius 3 is 2.57 bits per heavy atom. The third-order valence-corrected chi connectivity index (χ3v) is 5.25. The van der Waals surface area contributed by atoms with Gasteiger partial charge < -0.3 is 15.4 Å². The van der Waals surface area contributed by atoms with Crippen molar-refractivity contribution < 1.29 is 9.53 Å². The molecule has 7 heteroatoms. The van der Waals surface area contributed by atoms with Crippen molar-refractivity contribution in [2.24, 2.45) is 5.73 Å². The summed E-state index contributed by atoms with van der Waals surface area (Å²) in [6, 6.07) is 0. The van der Waals surface area contributed by atoms with Crippen LogP contribution in [0.3, 0.4) is 0 Å². The van der Waals surface area contributed by atoms with E-state index in [1.54, 1.807) is 11.3 Å². The van der Waals surface area contributed by atoms with Gasteiger partial charge >= 0.3 is 0 Å². The van der Waals surface area contributed by atoms with Crippen LogP contribution in [0.1, 0.15) is 16.3 Å². The Morgan fingerprint density at radius 2 is 2.00 bits per heavy atom. The lowest BCUT2D eigenvalue weighted by atomic mass is 9.92. The molecule has 0 atom stereocenters. The summed E-state index contributed by atoms with van der Waals surface area (Å²) >= 11 is 1.67. The molecule has 1 fully saturated rings. The molecular formula is C14H18N4O2S. The number of nitrogens with two attached hydrogens (primary N) is 1. The molecule has 112 valence electrons. The smallest absolute Gasteiger partial charge is 0.253 e. The molecule has 2 aromatic heterocycles. The predicted molar refractivity (Wildman–Crippen MR) is 82.8 cm³/mol. The van der Waals surface area contributed by atoms with Gasteiger partial charge in [-0.3, -0.25) is 4.79 Å². The summed E-state index contributed by atoms with van der Waals surface area (Å²) in [7, 11) is 1.52. The average Bonchev–Trinajstić information content (AvgIpc) is 2.63. The van der Waals surface area contributed by atoms with E-state index in [9.17, 15) is 4.79 Å². The topological polar surface area (TPSA) is 81.3 Å². The Morgan fingerprint density at radius 1 is 1.33 bits per heavy atom. The van der Waals surface area contributed by atoms with Crippen molar-refractivity contribution in [3.8, 4) is 0 Å². The fourth-order valence-corrected chi connectivity index (χ4v) is 3.74. The summed E-state index contributed by atoms with van der Waals surface area (Å²) in [5.74, 6) is 1.17. The Balaban J connectivity index is 2.05. The minimum atomic E-state index is -0.899. The summed E-state index contributed by atoms with van der Waals surface area (Å²) in [4.78, 5) is 24.9.